The SMILES string of the molecule is C.C.COc1cc(-n2cnc(Nc3nc(Cl)nc4c3cnn4S(=O)(=O)c3ccc(C)cc3)c2)cc(OC)c1OC.COc1cc(-n2cnc(Nc3nc(N4CCC[C@H]4C(N)=O)nc4[nH]ccc34)c2)cc(OC)c1OC.COc1cc(-n2cnc(Nc3nc(N4CCC[C@H]4C(N)=O)nc4c3cnn4S(=O)(=O)c3ccc(C)cc3)c2)cc(OC)c1OC.NC(=O)C1CCCC1.O=CO[O-].[Cs+].[Cs+].[H-]. The van der Waals surface area contributed by atoms with E-state index in [0.717, 1.165) is 49.6 Å². The Morgan fingerprint density at radius 1 is 0.478 bits per heavy atom. The van der Waals surface area contributed by atoms with Crippen LogP contribution in [0.2, 0.25) is 5.28 Å². The second-order valence-electron chi connectivity index (χ2n) is 29.0. The number of amides is 3. The smallest absolute Gasteiger partial charge is 1.00 e. The number of halogens is 1. The minimum Gasteiger partial charge on any atom is -1.00 e. The van der Waals surface area contributed by atoms with Crippen LogP contribution < -0.4 is 229 Å². The van der Waals surface area contributed by atoms with E-state index >= 15 is 0 Å². The summed E-state index contributed by atoms with van der Waals surface area (Å²) in [7, 11) is 5.73. The number of anilines is 8. The number of methoxy groups -OCH3 is 9. The van der Waals surface area contributed by atoms with E-state index in [0.29, 0.717) is 141 Å². The van der Waals surface area contributed by atoms with E-state index in [9.17, 15) is 31.2 Å². The molecule has 700 valence electrons. The molecule has 0 bridgehead atoms. The third-order valence-corrected chi connectivity index (χ3v) is 24.4. The summed E-state index contributed by atoms with van der Waals surface area (Å²) < 4.78 is 110. The number of primary amides is 3. The molecule has 0 unspecified atom stereocenters. The number of aromatic nitrogens is 17. The normalized spacial score (nSPS) is 13.7. The van der Waals surface area contributed by atoms with Crippen molar-refractivity contribution in [3.63, 3.8) is 0 Å². The molecule has 17 rings (SSSR count). The molecule has 0 radical (unpaired) electrons. The van der Waals surface area contributed by atoms with E-state index in [1.807, 2.05) is 47.7 Å². The molecule has 9 aromatic heterocycles. The molecule has 134 heavy (non-hydrogen) atoms. The molecule has 2 saturated heterocycles. The van der Waals surface area contributed by atoms with E-state index < -0.39 is 38.0 Å². The van der Waals surface area contributed by atoms with Gasteiger partial charge in [0.15, 0.2) is 45.8 Å². The molecule has 3 amide bonds. The van der Waals surface area contributed by atoms with Crippen LogP contribution in [-0.2, 0) is 44.1 Å². The van der Waals surface area contributed by atoms with Crippen LogP contribution in [0.15, 0.2) is 157 Å². The molecule has 3 aliphatic rings. The van der Waals surface area contributed by atoms with Gasteiger partial charge in [-0.2, -0.15) is 56.9 Å². The zero-order chi connectivity index (χ0) is 92.8. The number of imidazole rings is 3. The van der Waals surface area contributed by atoms with Crippen LogP contribution in [0.25, 0.3) is 50.2 Å². The Morgan fingerprint density at radius 2 is 0.821 bits per heavy atom. The largest absolute Gasteiger partial charge is 1.00 e. The van der Waals surface area contributed by atoms with E-state index in [4.69, 9.17) is 91.5 Å². The third-order valence-electron chi connectivity index (χ3n) is 21.1. The zero-order valence-electron chi connectivity index (χ0n) is 75.0. The molecule has 1 aliphatic carbocycles. The summed E-state index contributed by atoms with van der Waals surface area (Å²) in [6.45, 7) is 4.68. The van der Waals surface area contributed by atoms with Crippen LogP contribution in [0.5, 0.6) is 51.7 Å². The summed E-state index contributed by atoms with van der Waals surface area (Å²) >= 11 is 6.17. The van der Waals surface area contributed by atoms with Crippen LogP contribution in [0.4, 0.5) is 46.8 Å². The predicted molar refractivity (Wildman–Crippen MR) is 489 cm³/mol. The maximum absolute atomic E-state index is 13.7. The first kappa shape index (κ1) is 106. The first-order valence-electron chi connectivity index (χ1n) is 39.8. The maximum atomic E-state index is 13.7. The molecule has 1 saturated carbocycles. The molecular formula is C85H100ClCs2N25O19S2. The summed E-state index contributed by atoms with van der Waals surface area (Å²) in [5.74, 6) is 6.58. The Hall–Kier alpha value is -11.2. The molecule has 2 atom stereocenters. The number of carbonyl (C=O) groups is 4. The number of hydrogen-bond acceptors (Lipinski definition) is 35. The predicted octanol–water partition coefficient (Wildman–Crippen LogP) is 3.62. The second kappa shape index (κ2) is 47.8. The van der Waals surface area contributed by atoms with Crippen LogP contribution in [0.3, 0.4) is 0 Å². The van der Waals surface area contributed by atoms with Crippen molar-refractivity contribution >= 4 is 136 Å². The Labute approximate surface area is 894 Å². The van der Waals surface area contributed by atoms with Gasteiger partial charge in [0.25, 0.3) is 26.5 Å². The van der Waals surface area contributed by atoms with Gasteiger partial charge in [0.2, 0.25) is 52.2 Å². The molecule has 49 heteroatoms. The fourth-order valence-electron chi connectivity index (χ4n) is 14.6. The van der Waals surface area contributed by atoms with Crippen molar-refractivity contribution in [2.24, 2.45) is 23.1 Å². The van der Waals surface area contributed by atoms with Crippen LogP contribution >= 0.6 is 11.6 Å². The Morgan fingerprint density at radius 3 is 1.15 bits per heavy atom. The van der Waals surface area contributed by atoms with Gasteiger partial charge in [0.1, 0.15) is 71.6 Å². The van der Waals surface area contributed by atoms with Gasteiger partial charge in [-0.15, -0.1) is 8.17 Å². The fraction of sp³-hybridized carbons (Fsp3) is 0.306. The summed E-state index contributed by atoms with van der Waals surface area (Å²) in [5.41, 5.74) is 21.0. The van der Waals surface area contributed by atoms with Gasteiger partial charge in [-0.3, -0.25) is 19.2 Å². The van der Waals surface area contributed by atoms with Gasteiger partial charge >= 0.3 is 138 Å². The Kier molecular flexibility index (Phi) is 38.0. The molecular weight excluding hydrogens is 2040 g/mol. The van der Waals surface area contributed by atoms with Crippen molar-refractivity contribution in [2.45, 2.75) is 102 Å². The molecule has 3 fully saturated rings. The average molecular weight is 2140 g/mol. The molecule has 11 heterocycles. The van der Waals surface area contributed by atoms with E-state index in [-0.39, 0.29) is 222 Å². The quantitative estimate of drug-likeness (QED) is 0.0159. The van der Waals surface area contributed by atoms with Gasteiger partial charge < -0.3 is 116 Å². The van der Waals surface area contributed by atoms with E-state index in [2.05, 4.69) is 70.9 Å². The van der Waals surface area contributed by atoms with Crippen molar-refractivity contribution in [1.82, 2.24) is 81.9 Å². The van der Waals surface area contributed by atoms with E-state index in [1.165, 1.54) is 92.2 Å². The molecule has 0 spiro atoms. The number of nitrogens with two attached hydrogens (primary N) is 3. The Balaban J connectivity index is 0.000000231. The monoisotopic (exact) mass is 2140 g/mol. The number of nitrogens with one attached hydrogen (secondary N) is 4. The number of rotatable bonds is 28. The number of H-pyrrole nitrogens is 1. The van der Waals surface area contributed by atoms with Crippen molar-refractivity contribution < 1.29 is 228 Å². The number of hydrogen-bond donors (Lipinski definition) is 7. The number of aryl methyl sites for hydroxylation is 2. The fourth-order valence-corrected chi connectivity index (χ4v) is 17.2. The maximum Gasteiger partial charge on any atom is 1.00 e. The van der Waals surface area contributed by atoms with Gasteiger partial charge in [-0.25, -0.2) is 15.0 Å². The van der Waals surface area contributed by atoms with Crippen molar-refractivity contribution in [2.75, 3.05) is 103 Å². The minimum absolute atomic E-state index is 0. The summed E-state index contributed by atoms with van der Waals surface area (Å²) in [6, 6.07) is 24.4. The first-order chi connectivity index (χ1) is 62.6. The van der Waals surface area contributed by atoms with Crippen LogP contribution in [-0.4, -0.2) is 212 Å². The van der Waals surface area contributed by atoms with Crippen molar-refractivity contribution in [1.29, 1.82) is 0 Å². The standard InChI is InChI=1S/C29H31N9O6S.C24H22ClN7O5S.C23H26N8O4.C6H11NO.CH2O3.2CH4.2Cs.H/c1-17-7-9-19(10-8-17)45(40,41)38-28-20(14-32-38)27(34-29(35-28)37-11-5-6-21(37)26(30)39)33-24-15-36(16-31-24)18-12-22(42-2)25(44-4)23(13-18)43-3;1-14-5-7-16(8-6-14)38(33,34)32-23-17(11-27-32)22(29-24(25)30-23)28-20-12-31(13-26-20)15-9-18(35-2)21(37-4)19(10-15)36-3;1-33-16-9-13(10-17(34-2)19(16)35-3)30-11-18(26-12-30)27-22-14-6-7-25-21(14)28-23(29-22)31-8-4-5-15(31)20(24)32;7-6(8)5-3-1-2-4-5;2-1-4-3;;;;;/h7-10,12-16,21H,5-6,11H2,1-4H3,(H2,30,39)(H,33,34,35);5-13H,1-4H3,(H,28,29,30);6-7,9-12,15H,4-5,8H2,1-3H3,(H2,24,32)(H2,25,27,28,29);5H,1-4H2,(H2,7,8);1,3H;2*1H4;;;/q;;;;;;;2*+1;-1/p-1/t21-;;15-;;;;;;;/m0.0......./s1. The topological polar surface area (TPSA) is 555 Å². The third kappa shape index (κ3) is 23.8. The number of fused-ring (bicyclic) bond motifs is 3. The zero-order valence-corrected chi connectivity index (χ0v) is 88.9. The summed E-state index contributed by atoms with van der Waals surface area (Å²) in [6.07, 6.45) is 21.8. The van der Waals surface area contributed by atoms with Crippen LogP contribution in [0, 0.1) is 19.8 Å². The summed E-state index contributed by atoms with van der Waals surface area (Å²) in [4.78, 5) is 92.9. The summed E-state index contributed by atoms with van der Waals surface area (Å²) in [5, 5.41) is 27.5. The van der Waals surface area contributed by atoms with Gasteiger partial charge in [-0.05, 0) is 94.3 Å². The second-order valence-corrected chi connectivity index (χ2v) is 32.9. The molecule has 10 N–H and O–H groups in total. The number of aromatic amines is 1. The molecule has 5 aromatic carbocycles. The minimum atomic E-state index is -4.13. The van der Waals surface area contributed by atoms with E-state index in [1.54, 1.807) is 121 Å². The van der Waals surface area contributed by atoms with Gasteiger partial charge in [0, 0.05) is 61.6 Å². The molecule has 44 nitrogen and oxygen atoms in total. The van der Waals surface area contributed by atoms with Crippen molar-refractivity contribution in [3.8, 4) is 68.8 Å². The van der Waals surface area contributed by atoms with Crippen molar-refractivity contribution in [3.05, 3.63) is 164 Å². The molecule has 2 aliphatic heterocycles. The number of carbonyl (C=O) groups excluding carboxylic acids is 4. The number of benzene rings is 5. The van der Waals surface area contributed by atoms with Gasteiger partial charge in [-0.1, -0.05) is 63.1 Å². The first-order valence-corrected chi connectivity index (χ1v) is 43.0. The van der Waals surface area contributed by atoms with Crippen LogP contribution in [0.1, 0.15) is 78.8 Å². The molecule has 14 aromatic rings. The van der Waals surface area contributed by atoms with Gasteiger partial charge in [0.05, 0.1) is 138 Å². The average Bonchev–Trinajstić information content (AvgIpc) is 1.58. The number of ether oxygens (including phenoxy) is 9. The number of nitrogens with zero attached hydrogens (tertiary/aromatic N) is 18. The Bertz CT molecular complexity index is 6630.